The fourth-order valence-electron chi connectivity index (χ4n) is 1.37. The van der Waals surface area contributed by atoms with Crippen LogP contribution >= 0.6 is 0 Å². The van der Waals surface area contributed by atoms with Crippen molar-refractivity contribution in [3.8, 4) is 5.88 Å². The molecular formula is C11H8N4O4. The highest BCUT2D eigenvalue weighted by Gasteiger charge is 2.21. The Morgan fingerprint density at radius 1 is 1.42 bits per heavy atom. The lowest BCUT2D eigenvalue weighted by Gasteiger charge is -1.96. The third kappa shape index (κ3) is 2.80. The molecule has 19 heavy (non-hydrogen) atoms. The molecule has 0 aliphatic rings. The minimum atomic E-state index is -1.01. The van der Waals surface area contributed by atoms with Crippen LogP contribution < -0.4 is 5.56 Å². The Kier molecular flexibility index (Phi) is 3.33. The van der Waals surface area contributed by atoms with Gasteiger partial charge in [0.05, 0.1) is 4.92 Å². The number of nitro groups is 1. The Hall–Kier alpha value is -3.03. The molecule has 2 aromatic rings. The summed E-state index contributed by atoms with van der Waals surface area (Å²) >= 11 is 0. The number of nitrogens with one attached hydrogen (secondary N) is 1. The molecule has 0 saturated carbocycles. The monoisotopic (exact) mass is 260 g/mol. The zero-order valence-electron chi connectivity index (χ0n) is 9.48. The van der Waals surface area contributed by atoms with Gasteiger partial charge in [-0.05, 0) is 23.8 Å². The van der Waals surface area contributed by atoms with E-state index in [2.05, 4.69) is 15.0 Å². The van der Waals surface area contributed by atoms with Gasteiger partial charge in [-0.25, -0.2) is 0 Å². The third-order valence-corrected chi connectivity index (χ3v) is 2.20. The van der Waals surface area contributed by atoms with E-state index < -0.39 is 22.0 Å². The molecule has 0 fully saturated rings. The van der Waals surface area contributed by atoms with Crippen LogP contribution in [0.1, 0.15) is 11.4 Å². The number of H-pyrrole nitrogens is 1. The van der Waals surface area contributed by atoms with Gasteiger partial charge in [0.2, 0.25) is 0 Å². The quantitative estimate of drug-likeness (QED) is 0.625. The van der Waals surface area contributed by atoms with Crippen molar-refractivity contribution in [3.05, 3.63) is 56.4 Å². The summed E-state index contributed by atoms with van der Waals surface area (Å²) in [4.78, 5) is 30.5. The molecule has 0 unspecified atom stereocenters. The van der Waals surface area contributed by atoms with Gasteiger partial charge in [-0.15, -0.1) is 0 Å². The first-order valence-corrected chi connectivity index (χ1v) is 5.13. The SMILES string of the molecule is O=c1[nH]c(C=Cc2cccnc2)nc(O)c1[N+](=O)[O-]. The Labute approximate surface area is 106 Å². The number of aromatic amines is 1. The Morgan fingerprint density at radius 3 is 2.79 bits per heavy atom. The number of pyridine rings is 1. The van der Waals surface area contributed by atoms with Crippen molar-refractivity contribution >= 4 is 17.8 Å². The molecular weight excluding hydrogens is 252 g/mol. The number of aromatic hydroxyl groups is 1. The van der Waals surface area contributed by atoms with Gasteiger partial charge in [-0.2, -0.15) is 4.98 Å². The van der Waals surface area contributed by atoms with E-state index in [4.69, 9.17) is 0 Å². The third-order valence-electron chi connectivity index (χ3n) is 2.20. The molecule has 0 aromatic carbocycles. The van der Waals surface area contributed by atoms with E-state index in [0.29, 0.717) is 0 Å². The Bertz CT molecular complexity index is 694. The summed E-state index contributed by atoms with van der Waals surface area (Å²) in [6.07, 6.45) is 6.19. The van der Waals surface area contributed by atoms with Gasteiger partial charge in [0.15, 0.2) is 0 Å². The normalized spacial score (nSPS) is 10.7. The molecule has 2 heterocycles. The summed E-state index contributed by atoms with van der Waals surface area (Å²) in [6.45, 7) is 0. The molecule has 2 rings (SSSR count). The first kappa shape index (κ1) is 12.4. The zero-order valence-corrected chi connectivity index (χ0v) is 9.48. The Morgan fingerprint density at radius 2 is 2.21 bits per heavy atom. The van der Waals surface area contributed by atoms with E-state index in [1.54, 1.807) is 30.6 Å². The summed E-state index contributed by atoms with van der Waals surface area (Å²) in [7, 11) is 0. The van der Waals surface area contributed by atoms with Crippen molar-refractivity contribution < 1.29 is 10.0 Å². The van der Waals surface area contributed by atoms with Crippen molar-refractivity contribution in [1.29, 1.82) is 0 Å². The molecule has 2 N–H and O–H groups in total. The van der Waals surface area contributed by atoms with Gasteiger partial charge >= 0.3 is 11.2 Å². The maximum absolute atomic E-state index is 11.4. The van der Waals surface area contributed by atoms with Gasteiger partial charge in [0, 0.05) is 12.4 Å². The molecule has 0 bridgehead atoms. The van der Waals surface area contributed by atoms with Crippen LogP contribution in [0.3, 0.4) is 0 Å². The molecule has 0 radical (unpaired) electrons. The van der Waals surface area contributed by atoms with Crippen LogP contribution in [0.15, 0.2) is 29.3 Å². The fourth-order valence-corrected chi connectivity index (χ4v) is 1.37. The molecule has 8 nitrogen and oxygen atoms in total. The van der Waals surface area contributed by atoms with Crippen LogP contribution in [-0.4, -0.2) is 25.0 Å². The van der Waals surface area contributed by atoms with E-state index in [1.165, 1.54) is 6.08 Å². The number of hydrogen-bond donors (Lipinski definition) is 2. The van der Waals surface area contributed by atoms with Gasteiger partial charge in [-0.3, -0.25) is 19.9 Å². The molecule has 0 amide bonds. The maximum Gasteiger partial charge on any atom is 0.395 e. The maximum atomic E-state index is 11.4. The lowest BCUT2D eigenvalue weighted by molar-refractivity contribution is -0.387. The number of hydrogen-bond acceptors (Lipinski definition) is 6. The standard InChI is InChI=1S/C11H8N4O4/c16-10-9(15(18)19)11(17)14-8(13-10)4-3-7-2-1-5-12-6-7/h1-6H,(H2,13,14,16,17). The smallest absolute Gasteiger partial charge is 0.395 e. The lowest BCUT2D eigenvalue weighted by Crippen LogP contribution is -2.14. The summed E-state index contributed by atoms with van der Waals surface area (Å²) in [6, 6.07) is 3.50. The first-order chi connectivity index (χ1) is 9.08. The van der Waals surface area contributed by atoms with Gasteiger partial charge in [0.25, 0.3) is 5.88 Å². The fraction of sp³-hybridized carbons (Fsp3) is 0. The van der Waals surface area contributed by atoms with Gasteiger partial charge in [0.1, 0.15) is 5.82 Å². The van der Waals surface area contributed by atoms with Crippen molar-refractivity contribution in [1.82, 2.24) is 15.0 Å². The van der Waals surface area contributed by atoms with Crippen LogP contribution in [0.2, 0.25) is 0 Å². The molecule has 0 aliphatic heterocycles. The van der Waals surface area contributed by atoms with E-state index in [-0.39, 0.29) is 5.82 Å². The summed E-state index contributed by atoms with van der Waals surface area (Å²) in [5, 5.41) is 19.8. The second-order valence-corrected chi connectivity index (χ2v) is 3.50. The minimum Gasteiger partial charge on any atom is -0.488 e. The highest BCUT2D eigenvalue weighted by Crippen LogP contribution is 2.17. The topological polar surface area (TPSA) is 122 Å². The lowest BCUT2D eigenvalue weighted by atomic mass is 10.2. The minimum absolute atomic E-state index is 0.0111. The molecule has 0 aliphatic carbocycles. The first-order valence-electron chi connectivity index (χ1n) is 5.13. The average Bonchev–Trinajstić information content (AvgIpc) is 2.36. The highest BCUT2D eigenvalue weighted by molar-refractivity contribution is 5.66. The van der Waals surface area contributed by atoms with Gasteiger partial charge < -0.3 is 10.1 Å². The summed E-state index contributed by atoms with van der Waals surface area (Å²) < 4.78 is 0. The predicted molar refractivity (Wildman–Crippen MR) is 66.3 cm³/mol. The van der Waals surface area contributed by atoms with E-state index in [9.17, 15) is 20.0 Å². The van der Waals surface area contributed by atoms with Crippen LogP contribution in [0.4, 0.5) is 5.69 Å². The van der Waals surface area contributed by atoms with Crippen LogP contribution in [0.25, 0.3) is 12.2 Å². The molecule has 2 aromatic heterocycles. The van der Waals surface area contributed by atoms with Gasteiger partial charge in [-0.1, -0.05) is 6.07 Å². The molecule has 0 spiro atoms. The Balaban J connectivity index is 2.36. The molecule has 8 heteroatoms. The average molecular weight is 260 g/mol. The molecule has 0 saturated heterocycles. The zero-order chi connectivity index (χ0) is 13.8. The number of nitrogens with zero attached hydrogens (tertiary/aromatic N) is 3. The summed E-state index contributed by atoms with van der Waals surface area (Å²) in [5.74, 6) is -0.906. The van der Waals surface area contributed by atoms with Crippen molar-refractivity contribution in [2.45, 2.75) is 0 Å². The van der Waals surface area contributed by atoms with Crippen molar-refractivity contribution in [3.63, 3.8) is 0 Å². The number of rotatable bonds is 3. The molecule has 96 valence electrons. The largest absolute Gasteiger partial charge is 0.488 e. The van der Waals surface area contributed by atoms with E-state index in [1.807, 2.05) is 0 Å². The van der Waals surface area contributed by atoms with Crippen LogP contribution in [0.5, 0.6) is 5.88 Å². The van der Waals surface area contributed by atoms with E-state index >= 15 is 0 Å². The second-order valence-electron chi connectivity index (χ2n) is 3.50. The van der Waals surface area contributed by atoms with E-state index in [0.717, 1.165) is 5.56 Å². The number of aromatic nitrogens is 3. The second kappa shape index (κ2) is 5.08. The predicted octanol–water partition coefficient (Wildman–Crippen LogP) is 0.949. The van der Waals surface area contributed by atoms with Crippen molar-refractivity contribution in [2.24, 2.45) is 0 Å². The van der Waals surface area contributed by atoms with Crippen LogP contribution in [-0.2, 0) is 0 Å². The van der Waals surface area contributed by atoms with Crippen molar-refractivity contribution in [2.75, 3.05) is 0 Å². The molecule has 0 atom stereocenters. The highest BCUT2D eigenvalue weighted by atomic mass is 16.6. The van der Waals surface area contributed by atoms with Crippen LogP contribution in [0, 0.1) is 10.1 Å². The summed E-state index contributed by atoms with van der Waals surface area (Å²) in [5.41, 5.74) is -1.23.